The molecule has 1 fully saturated rings. The van der Waals surface area contributed by atoms with Crippen LogP contribution in [-0.4, -0.2) is 40.8 Å². The van der Waals surface area contributed by atoms with E-state index in [-0.39, 0.29) is 23.6 Å². The van der Waals surface area contributed by atoms with Crippen LogP contribution in [0.15, 0.2) is 18.2 Å². The van der Waals surface area contributed by atoms with E-state index in [4.69, 9.17) is 15.6 Å². The number of carbonyl (C=O) groups excluding carboxylic acids is 1. The molecule has 1 aliphatic rings. The predicted molar refractivity (Wildman–Crippen MR) is 66.1 cm³/mol. The second-order valence-electron chi connectivity index (χ2n) is 4.45. The fourth-order valence-corrected chi connectivity index (χ4v) is 1.80. The second kappa shape index (κ2) is 4.87. The number of ether oxygens (including phenoxy) is 1. The van der Waals surface area contributed by atoms with E-state index in [1.165, 1.54) is 18.2 Å². The molecule has 0 aliphatic carbocycles. The number of carbonyl (C=O) groups is 2. The first-order chi connectivity index (χ1) is 8.92. The Hall–Kier alpha value is -2.12. The summed E-state index contributed by atoms with van der Waals surface area (Å²) in [5, 5.41) is 20.8. The largest absolute Gasteiger partial charge is 0.507 e. The standard InChI is InChI=1S/C12H14N2O5/c13-12(3-4-19-6-12)11(18)14-7-1-2-9(15)8(5-7)10(16)17/h1-2,5,15H,3-4,6,13H2,(H,14,18)(H,16,17). The summed E-state index contributed by atoms with van der Waals surface area (Å²) in [7, 11) is 0. The van der Waals surface area contributed by atoms with Crippen molar-refractivity contribution in [3.05, 3.63) is 23.8 Å². The maximum atomic E-state index is 12.0. The van der Waals surface area contributed by atoms with Crippen LogP contribution in [0.1, 0.15) is 16.8 Å². The van der Waals surface area contributed by atoms with Crippen molar-refractivity contribution in [2.24, 2.45) is 5.73 Å². The van der Waals surface area contributed by atoms with E-state index in [0.717, 1.165) is 0 Å². The van der Waals surface area contributed by atoms with Crippen LogP contribution in [0, 0.1) is 0 Å². The van der Waals surface area contributed by atoms with Crippen molar-refractivity contribution in [2.75, 3.05) is 18.5 Å². The molecule has 2 rings (SSSR count). The lowest BCUT2D eigenvalue weighted by Crippen LogP contribution is -2.51. The fraction of sp³-hybridized carbons (Fsp3) is 0.333. The Morgan fingerprint density at radius 3 is 2.74 bits per heavy atom. The minimum atomic E-state index is -1.28. The quantitative estimate of drug-likeness (QED) is 0.577. The molecular weight excluding hydrogens is 252 g/mol. The van der Waals surface area contributed by atoms with Gasteiger partial charge in [0.15, 0.2) is 0 Å². The van der Waals surface area contributed by atoms with Gasteiger partial charge in [0.2, 0.25) is 5.91 Å². The SMILES string of the molecule is NC1(C(=O)Nc2ccc(O)c(C(=O)O)c2)CCOC1. The average Bonchev–Trinajstić information content (AvgIpc) is 2.79. The molecule has 0 aromatic heterocycles. The topological polar surface area (TPSA) is 122 Å². The number of aromatic carboxylic acids is 1. The monoisotopic (exact) mass is 266 g/mol. The lowest BCUT2D eigenvalue weighted by molar-refractivity contribution is -0.121. The summed E-state index contributed by atoms with van der Waals surface area (Å²) in [5.41, 5.74) is 4.75. The fourth-order valence-electron chi connectivity index (χ4n) is 1.80. The number of hydrogen-bond acceptors (Lipinski definition) is 5. The first-order valence-corrected chi connectivity index (χ1v) is 5.67. The molecule has 0 radical (unpaired) electrons. The molecule has 1 aromatic carbocycles. The van der Waals surface area contributed by atoms with Crippen LogP contribution in [0.2, 0.25) is 0 Å². The molecule has 102 valence electrons. The van der Waals surface area contributed by atoms with Gasteiger partial charge in [-0.1, -0.05) is 0 Å². The molecule has 19 heavy (non-hydrogen) atoms. The van der Waals surface area contributed by atoms with Gasteiger partial charge in [0.1, 0.15) is 16.9 Å². The Kier molecular flexibility index (Phi) is 3.41. The third-order valence-electron chi connectivity index (χ3n) is 2.99. The van der Waals surface area contributed by atoms with E-state index in [0.29, 0.717) is 13.0 Å². The molecule has 7 heteroatoms. The number of aromatic hydroxyl groups is 1. The molecule has 0 spiro atoms. The van der Waals surface area contributed by atoms with E-state index in [2.05, 4.69) is 5.32 Å². The Bertz CT molecular complexity index is 523. The summed E-state index contributed by atoms with van der Waals surface area (Å²) >= 11 is 0. The number of carboxylic acids is 1. The molecule has 1 aromatic rings. The van der Waals surface area contributed by atoms with Crippen LogP contribution in [0.5, 0.6) is 5.75 Å². The predicted octanol–water partition coefficient (Wildman–Crippen LogP) is 0.147. The number of hydrogen-bond donors (Lipinski definition) is 4. The third kappa shape index (κ3) is 2.67. The zero-order chi connectivity index (χ0) is 14.0. The molecule has 1 heterocycles. The number of amides is 1. The summed E-state index contributed by atoms with van der Waals surface area (Å²) in [4.78, 5) is 22.8. The van der Waals surface area contributed by atoms with Crippen LogP contribution in [-0.2, 0) is 9.53 Å². The van der Waals surface area contributed by atoms with E-state index in [9.17, 15) is 14.7 Å². The first-order valence-electron chi connectivity index (χ1n) is 5.67. The number of benzene rings is 1. The summed E-state index contributed by atoms with van der Waals surface area (Å²) in [6, 6.07) is 3.78. The van der Waals surface area contributed by atoms with Crippen molar-refractivity contribution in [3.8, 4) is 5.75 Å². The number of nitrogens with two attached hydrogens (primary N) is 1. The van der Waals surface area contributed by atoms with Crippen molar-refractivity contribution in [2.45, 2.75) is 12.0 Å². The van der Waals surface area contributed by atoms with Crippen LogP contribution < -0.4 is 11.1 Å². The third-order valence-corrected chi connectivity index (χ3v) is 2.99. The molecule has 7 nitrogen and oxygen atoms in total. The molecule has 1 aliphatic heterocycles. The summed E-state index contributed by atoms with van der Waals surface area (Å²) in [6.45, 7) is 0.544. The number of nitrogens with one attached hydrogen (secondary N) is 1. The summed E-state index contributed by atoms with van der Waals surface area (Å²) < 4.78 is 5.08. The number of phenols is 1. The number of anilines is 1. The van der Waals surface area contributed by atoms with Crippen molar-refractivity contribution in [1.29, 1.82) is 0 Å². The van der Waals surface area contributed by atoms with Gasteiger partial charge in [-0.15, -0.1) is 0 Å². The summed E-state index contributed by atoms with van der Waals surface area (Å²) in [6.07, 6.45) is 0.405. The highest BCUT2D eigenvalue weighted by Crippen LogP contribution is 2.23. The van der Waals surface area contributed by atoms with E-state index in [1.54, 1.807) is 0 Å². The normalized spacial score (nSPS) is 22.2. The molecule has 1 atom stereocenters. The molecular formula is C12H14N2O5. The van der Waals surface area contributed by atoms with Crippen molar-refractivity contribution < 1.29 is 24.5 Å². The van der Waals surface area contributed by atoms with Crippen molar-refractivity contribution in [3.63, 3.8) is 0 Å². The van der Waals surface area contributed by atoms with Crippen LogP contribution >= 0.6 is 0 Å². The Labute approximate surface area is 109 Å². The lowest BCUT2D eigenvalue weighted by Gasteiger charge is -2.20. The highest BCUT2D eigenvalue weighted by atomic mass is 16.5. The Balaban J connectivity index is 2.17. The minimum absolute atomic E-state index is 0.128. The molecule has 0 saturated carbocycles. The van der Waals surface area contributed by atoms with E-state index >= 15 is 0 Å². The molecule has 1 amide bonds. The van der Waals surface area contributed by atoms with Gasteiger partial charge in [-0.2, -0.15) is 0 Å². The lowest BCUT2D eigenvalue weighted by atomic mass is 9.99. The second-order valence-corrected chi connectivity index (χ2v) is 4.45. The van der Waals surface area contributed by atoms with Crippen LogP contribution in [0.3, 0.4) is 0 Å². The van der Waals surface area contributed by atoms with E-state index in [1.807, 2.05) is 0 Å². The average molecular weight is 266 g/mol. The zero-order valence-corrected chi connectivity index (χ0v) is 10.0. The maximum absolute atomic E-state index is 12.0. The highest BCUT2D eigenvalue weighted by molar-refractivity contribution is 6.00. The Morgan fingerprint density at radius 2 is 2.16 bits per heavy atom. The van der Waals surface area contributed by atoms with Gasteiger partial charge in [0.25, 0.3) is 0 Å². The number of rotatable bonds is 3. The number of carboxylic acid groups (broad SMARTS) is 1. The highest BCUT2D eigenvalue weighted by Gasteiger charge is 2.38. The zero-order valence-electron chi connectivity index (χ0n) is 10.0. The first kappa shape index (κ1) is 13.3. The van der Waals surface area contributed by atoms with Crippen molar-refractivity contribution >= 4 is 17.6 Å². The van der Waals surface area contributed by atoms with Gasteiger partial charge < -0.3 is 26.0 Å². The molecule has 0 bridgehead atoms. The van der Waals surface area contributed by atoms with Gasteiger partial charge in [-0.25, -0.2) is 4.79 Å². The minimum Gasteiger partial charge on any atom is -0.507 e. The molecule has 5 N–H and O–H groups in total. The van der Waals surface area contributed by atoms with E-state index < -0.39 is 17.4 Å². The van der Waals surface area contributed by atoms with Gasteiger partial charge in [-0.05, 0) is 24.6 Å². The van der Waals surface area contributed by atoms with Crippen molar-refractivity contribution in [1.82, 2.24) is 0 Å². The van der Waals surface area contributed by atoms with Gasteiger partial charge in [0.05, 0.1) is 6.61 Å². The maximum Gasteiger partial charge on any atom is 0.339 e. The molecule has 1 saturated heterocycles. The van der Waals surface area contributed by atoms with Crippen LogP contribution in [0.4, 0.5) is 5.69 Å². The summed E-state index contributed by atoms with van der Waals surface area (Å²) in [5.74, 6) is -2.08. The molecule has 1 unspecified atom stereocenters. The van der Waals surface area contributed by atoms with Crippen LogP contribution in [0.25, 0.3) is 0 Å². The Morgan fingerprint density at radius 1 is 1.42 bits per heavy atom. The van der Waals surface area contributed by atoms with Gasteiger partial charge in [0, 0.05) is 12.3 Å². The smallest absolute Gasteiger partial charge is 0.339 e. The van der Waals surface area contributed by atoms with Gasteiger partial charge in [-0.3, -0.25) is 4.79 Å². The van der Waals surface area contributed by atoms with Gasteiger partial charge >= 0.3 is 5.97 Å².